The van der Waals surface area contributed by atoms with E-state index >= 15 is 0 Å². The number of carbonyl (C=O) groups excluding carboxylic acids is 4. The van der Waals surface area contributed by atoms with Crippen LogP contribution < -0.4 is 9.47 Å². The first kappa shape index (κ1) is 27.6. The Morgan fingerprint density at radius 1 is 0.854 bits per heavy atom. The van der Waals surface area contributed by atoms with Crippen molar-refractivity contribution in [2.45, 2.75) is 38.6 Å². The van der Waals surface area contributed by atoms with Crippen LogP contribution in [0.4, 0.5) is 0 Å². The van der Waals surface area contributed by atoms with Gasteiger partial charge in [0.25, 0.3) is 11.8 Å². The lowest BCUT2D eigenvalue weighted by molar-refractivity contribution is -0.163. The van der Waals surface area contributed by atoms with Crippen LogP contribution in [0.15, 0.2) is 72.8 Å². The summed E-state index contributed by atoms with van der Waals surface area (Å²) in [6, 6.07) is 21.3. The number of carboxylic acid groups (broad SMARTS) is 1. The van der Waals surface area contributed by atoms with Crippen molar-refractivity contribution in [3.8, 4) is 11.5 Å². The molecule has 0 fully saturated rings. The van der Waals surface area contributed by atoms with Crippen molar-refractivity contribution in [3.05, 3.63) is 95.1 Å². The fourth-order valence-corrected chi connectivity index (χ4v) is 4.76. The summed E-state index contributed by atoms with van der Waals surface area (Å²) in [6.45, 7) is 4.10. The molecule has 0 bridgehead atoms. The van der Waals surface area contributed by atoms with Crippen LogP contribution in [-0.4, -0.2) is 51.7 Å². The number of rotatable bonds is 8. The first-order valence-electron chi connectivity index (χ1n) is 12.9. The van der Waals surface area contributed by atoms with E-state index in [-0.39, 0.29) is 22.6 Å². The fourth-order valence-electron chi connectivity index (χ4n) is 4.76. The Morgan fingerprint density at radius 3 is 1.73 bits per heavy atom. The molecule has 3 aromatic carbocycles. The van der Waals surface area contributed by atoms with Gasteiger partial charge in [0.15, 0.2) is 11.5 Å². The standard InChI is InChI=1S/C31H27NO9/c1-30(2,3)41-29(38)23(33)14-18(28(36)37)17-32-26(34)21-15-24-25(16-22(21)27(32)35)40-31(39-24,19-10-6-4-7-11-19)20-12-8-5-9-13-20/h4-13,15-16,18H,14,17H2,1-3H3,(H,36,37)/t18-/m1/s1. The van der Waals surface area contributed by atoms with E-state index in [9.17, 15) is 29.1 Å². The molecule has 0 spiro atoms. The van der Waals surface area contributed by atoms with Crippen molar-refractivity contribution in [1.82, 2.24) is 4.90 Å². The molecule has 0 aliphatic carbocycles. The Bertz CT molecular complexity index is 1470. The van der Waals surface area contributed by atoms with Gasteiger partial charge in [-0.2, -0.15) is 0 Å². The molecule has 3 aromatic rings. The highest BCUT2D eigenvalue weighted by Gasteiger charge is 2.48. The minimum atomic E-state index is -1.51. The number of fused-ring (bicyclic) bond motifs is 2. The summed E-state index contributed by atoms with van der Waals surface area (Å²) in [5.41, 5.74) is 0.465. The Kier molecular flexibility index (Phi) is 6.86. The lowest BCUT2D eigenvalue weighted by Gasteiger charge is -2.28. The average Bonchev–Trinajstić information content (AvgIpc) is 3.43. The van der Waals surface area contributed by atoms with Crippen LogP contribution in [-0.2, 0) is 24.9 Å². The van der Waals surface area contributed by atoms with Gasteiger partial charge < -0.3 is 19.3 Å². The number of ether oxygens (including phenoxy) is 3. The van der Waals surface area contributed by atoms with Crippen LogP contribution in [0.2, 0.25) is 0 Å². The number of hydrogen-bond donors (Lipinski definition) is 1. The molecule has 210 valence electrons. The van der Waals surface area contributed by atoms with Gasteiger partial charge in [-0.25, -0.2) is 4.79 Å². The molecule has 5 rings (SSSR count). The van der Waals surface area contributed by atoms with Gasteiger partial charge in [0, 0.05) is 24.1 Å². The molecule has 41 heavy (non-hydrogen) atoms. The van der Waals surface area contributed by atoms with E-state index in [0.29, 0.717) is 11.1 Å². The van der Waals surface area contributed by atoms with Crippen molar-refractivity contribution in [3.63, 3.8) is 0 Å². The summed E-state index contributed by atoms with van der Waals surface area (Å²) in [5, 5.41) is 9.70. The molecule has 1 N–H and O–H groups in total. The third-order valence-electron chi connectivity index (χ3n) is 6.66. The second-order valence-electron chi connectivity index (χ2n) is 10.8. The van der Waals surface area contributed by atoms with Crippen LogP contribution in [0.25, 0.3) is 0 Å². The van der Waals surface area contributed by atoms with Crippen molar-refractivity contribution in [2.75, 3.05) is 6.54 Å². The molecule has 2 amide bonds. The predicted molar refractivity (Wildman–Crippen MR) is 143 cm³/mol. The molecular weight excluding hydrogens is 530 g/mol. The summed E-state index contributed by atoms with van der Waals surface area (Å²) in [7, 11) is 0. The average molecular weight is 558 g/mol. The van der Waals surface area contributed by atoms with Gasteiger partial charge in [0.1, 0.15) is 5.60 Å². The number of amides is 2. The van der Waals surface area contributed by atoms with E-state index in [0.717, 1.165) is 4.90 Å². The van der Waals surface area contributed by atoms with Crippen LogP contribution in [0.3, 0.4) is 0 Å². The Hall–Kier alpha value is -4.99. The summed E-state index contributed by atoms with van der Waals surface area (Å²) in [5.74, 6) is -7.59. The number of esters is 1. The van der Waals surface area contributed by atoms with E-state index < -0.39 is 59.8 Å². The van der Waals surface area contributed by atoms with Crippen LogP contribution in [0.5, 0.6) is 11.5 Å². The predicted octanol–water partition coefficient (Wildman–Crippen LogP) is 3.96. The number of hydrogen-bond acceptors (Lipinski definition) is 8. The Balaban J connectivity index is 1.40. The van der Waals surface area contributed by atoms with Crippen LogP contribution in [0, 0.1) is 5.92 Å². The summed E-state index contributed by atoms with van der Waals surface area (Å²) in [6.07, 6.45) is -0.739. The van der Waals surface area contributed by atoms with Gasteiger partial charge in [-0.05, 0) is 32.9 Å². The molecule has 0 aromatic heterocycles. The van der Waals surface area contributed by atoms with Gasteiger partial charge in [0.05, 0.1) is 17.0 Å². The van der Waals surface area contributed by atoms with Gasteiger partial charge in [-0.1, -0.05) is 60.7 Å². The molecule has 0 unspecified atom stereocenters. The van der Waals surface area contributed by atoms with Gasteiger partial charge in [-0.3, -0.25) is 24.1 Å². The number of Topliss-reactive ketones (excluding diaryl/α,β-unsaturated/α-hetero) is 1. The van der Waals surface area contributed by atoms with Gasteiger partial charge in [-0.15, -0.1) is 0 Å². The first-order valence-corrected chi connectivity index (χ1v) is 12.9. The number of ketones is 1. The highest BCUT2D eigenvalue weighted by molar-refractivity contribution is 6.34. The SMILES string of the molecule is CC(C)(C)OC(=O)C(=O)C[C@H](CN1C(=O)c2cc3c(cc2C1=O)OC(c1ccccc1)(c1ccccc1)O3)C(=O)O. The zero-order valence-electron chi connectivity index (χ0n) is 22.6. The van der Waals surface area contributed by atoms with E-state index in [1.165, 1.54) is 12.1 Å². The quantitative estimate of drug-likeness (QED) is 0.248. The first-order chi connectivity index (χ1) is 19.4. The summed E-state index contributed by atoms with van der Waals surface area (Å²) in [4.78, 5) is 63.8. The minimum absolute atomic E-state index is 0.0110. The summed E-state index contributed by atoms with van der Waals surface area (Å²) >= 11 is 0. The van der Waals surface area contributed by atoms with Gasteiger partial charge in [0.2, 0.25) is 5.78 Å². The molecule has 2 aliphatic rings. The molecule has 1 atom stereocenters. The molecule has 0 saturated carbocycles. The number of aliphatic carboxylic acids is 1. The topological polar surface area (TPSA) is 137 Å². The van der Waals surface area contributed by atoms with Crippen molar-refractivity contribution in [2.24, 2.45) is 5.92 Å². The highest BCUT2D eigenvalue weighted by Crippen LogP contribution is 2.49. The van der Waals surface area contributed by atoms with E-state index in [2.05, 4.69) is 0 Å². The number of benzene rings is 3. The maximum absolute atomic E-state index is 13.3. The van der Waals surface area contributed by atoms with Crippen LogP contribution in [0.1, 0.15) is 59.0 Å². The van der Waals surface area contributed by atoms with Crippen molar-refractivity contribution >= 4 is 29.5 Å². The lowest BCUT2D eigenvalue weighted by atomic mass is 9.97. The number of carbonyl (C=O) groups is 5. The van der Waals surface area contributed by atoms with Crippen LogP contribution >= 0.6 is 0 Å². The van der Waals surface area contributed by atoms with E-state index in [1.807, 2.05) is 60.7 Å². The maximum atomic E-state index is 13.3. The monoisotopic (exact) mass is 557 g/mol. The largest absolute Gasteiger partial charge is 0.481 e. The second kappa shape index (κ2) is 10.2. The maximum Gasteiger partial charge on any atom is 0.375 e. The van der Waals surface area contributed by atoms with Gasteiger partial charge >= 0.3 is 17.7 Å². The Labute approximate surface area is 235 Å². The minimum Gasteiger partial charge on any atom is -0.481 e. The van der Waals surface area contributed by atoms with E-state index in [4.69, 9.17) is 14.2 Å². The molecule has 0 radical (unpaired) electrons. The number of nitrogens with zero attached hydrogens (tertiary/aromatic N) is 1. The molecule has 0 saturated heterocycles. The number of imide groups is 1. The molecular formula is C31H27NO9. The molecule has 2 heterocycles. The zero-order chi connectivity index (χ0) is 29.5. The highest BCUT2D eigenvalue weighted by atomic mass is 16.7. The summed E-state index contributed by atoms with van der Waals surface area (Å²) < 4.78 is 17.7. The third-order valence-corrected chi connectivity index (χ3v) is 6.66. The third kappa shape index (κ3) is 5.16. The molecule has 10 heteroatoms. The van der Waals surface area contributed by atoms with E-state index in [1.54, 1.807) is 20.8 Å². The lowest BCUT2D eigenvalue weighted by Crippen LogP contribution is -2.39. The Morgan fingerprint density at radius 2 is 1.32 bits per heavy atom. The number of carboxylic acids is 1. The second-order valence-corrected chi connectivity index (χ2v) is 10.8. The molecule has 10 nitrogen and oxygen atoms in total. The fraction of sp³-hybridized carbons (Fsp3) is 0.258. The smallest absolute Gasteiger partial charge is 0.375 e. The molecule has 2 aliphatic heterocycles. The van der Waals surface area contributed by atoms with Crippen molar-refractivity contribution in [1.29, 1.82) is 0 Å². The normalized spacial score (nSPS) is 15.8. The van der Waals surface area contributed by atoms with Crippen molar-refractivity contribution < 1.29 is 43.3 Å². The zero-order valence-corrected chi connectivity index (χ0v) is 22.6.